The van der Waals surface area contributed by atoms with Gasteiger partial charge in [0.1, 0.15) is 0 Å². The molecule has 2 amide bonds. The Morgan fingerprint density at radius 2 is 1.90 bits per heavy atom. The highest BCUT2D eigenvalue weighted by molar-refractivity contribution is 5.95. The molecule has 0 spiro atoms. The van der Waals surface area contributed by atoms with Crippen LogP contribution in [0.4, 0.5) is 10.5 Å². The predicted octanol–water partition coefficient (Wildman–Crippen LogP) is 4.18. The van der Waals surface area contributed by atoms with Gasteiger partial charge in [-0.05, 0) is 62.2 Å². The molecule has 0 aromatic heterocycles. The Morgan fingerprint density at radius 1 is 1.17 bits per heavy atom. The number of benzene rings is 2. The van der Waals surface area contributed by atoms with Crippen molar-refractivity contribution >= 4 is 17.7 Å². The van der Waals surface area contributed by atoms with Crippen molar-refractivity contribution in [1.29, 1.82) is 0 Å². The number of anilines is 1. The Morgan fingerprint density at radius 3 is 2.53 bits per heavy atom. The molecule has 3 N–H and O–H groups in total. The first kappa shape index (κ1) is 21.2. The molecule has 0 aliphatic carbocycles. The summed E-state index contributed by atoms with van der Waals surface area (Å²) in [6, 6.07) is 11.9. The number of carbonyl (C=O) groups is 2. The highest BCUT2D eigenvalue weighted by Gasteiger charge is 2.23. The number of nitrogens with one attached hydrogen (secondary N) is 2. The molecule has 2 aromatic rings. The van der Waals surface area contributed by atoms with Crippen molar-refractivity contribution in [3.63, 3.8) is 0 Å². The first-order chi connectivity index (χ1) is 14.4. The van der Waals surface area contributed by atoms with Gasteiger partial charge in [-0.1, -0.05) is 12.1 Å². The number of rotatable bonds is 6. The maximum Gasteiger partial charge on any atom is 0.409 e. The summed E-state index contributed by atoms with van der Waals surface area (Å²) in [6.45, 7) is 3.90. The lowest BCUT2D eigenvalue weighted by Crippen LogP contribution is -2.43. The van der Waals surface area contributed by atoms with Crippen molar-refractivity contribution in [3.05, 3.63) is 65.9 Å². The molecule has 0 fully saturated rings. The molecular weight excluding hydrogens is 386 g/mol. The van der Waals surface area contributed by atoms with Gasteiger partial charge >= 0.3 is 6.09 Å². The van der Waals surface area contributed by atoms with E-state index < -0.39 is 6.09 Å². The van der Waals surface area contributed by atoms with Gasteiger partial charge < -0.3 is 14.6 Å². The number of amides is 2. The molecule has 1 heterocycles. The molecule has 30 heavy (non-hydrogen) atoms. The smallest absolute Gasteiger partial charge is 0.409 e. The monoisotopic (exact) mass is 411 g/mol. The second kappa shape index (κ2) is 9.32. The Hall–Kier alpha value is -3.52. The molecule has 1 unspecified atom stereocenters. The van der Waals surface area contributed by atoms with E-state index in [-0.39, 0.29) is 18.1 Å². The van der Waals surface area contributed by atoms with Gasteiger partial charge in [0, 0.05) is 17.5 Å². The van der Waals surface area contributed by atoms with Crippen molar-refractivity contribution in [2.24, 2.45) is 0 Å². The van der Waals surface area contributed by atoms with E-state index in [0.29, 0.717) is 29.2 Å². The van der Waals surface area contributed by atoms with Crippen molar-refractivity contribution in [2.45, 2.75) is 32.4 Å². The van der Waals surface area contributed by atoms with E-state index in [9.17, 15) is 9.59 Å². The average molecular weight is 411 g/mol. The van der Waals surface area contributed by atoms with Crippen LogP contribution < -0.4 is 20.2 Å². The van der Waals surface area contributed by atoms with Gasteiger partial charge in [0.2, 0.25) is 0 Å². The minimum absolute atomic E-state index is 0.00465. The standard InChI is InChI=1S/C22H25N3O5/c1-14(2)30-20-13-16(8-11-19(20)29-3)18-5-4-12-25(24-18)21(26)15-6-9-17(10-7-15)23-22(27)28/h4,6-14,18,23-24H,5H2,1-3H3,(H,27,28). The highest BCUT2D eigenvalue weighted by Crippen LogP contribution is 2.33. The highest BCUT2D eigenvalue weighted by atomic mass is 16.5. The van der Waals surface area contributed by atoms with Crippen LogP contribution in [-0.2, 0) is 0 Å². The fourth-order valence-electron chi connectivity index (χ4n) is 3.12. The molecule has 3 rings (SSSR count). The normalized spacial score (nSPS) is 15.7. The Balaban J connectivity index is 1.75. The third-order valence-corrected chi connectivity index (χ3v) is 4.48. The van der Waals surface area contributed by atoms with E-state index >= 15 is 0 Å². The molecule has 8 heteroatoms. The number of carboxylic acid groups (broad SMARTS) is 1. The van der Waals surface area contributed by atoms with Crippen molar-refractivity contribution in [1.82, 2.24) is 10.4 Å². The van der Waals surface area contributed by atoms with Crippen LogP contribution in [0.25, 0.3) is 0 Å². The van der Waals surface area contributed by atoms with Gasteiger partial charge in [0.25, 0.3) is 5.91 Å². The summed E-state index contributed by atoms with van der Waals surface area (Å²) in [5.41, 5.74) is 5.02. The zero-order chi connectivity index (χ0) is 21.7. The third-order valence-electron chi connectivity index (χ3n) is 4.48. The maximum absolute atomic E-state index is 12.9. The fraction of sp³-hybridized carbons (Fsp3) is 0.273. The van der Waals surface area contributed by atoms with Crippen LogP contribution in [0.2, 0.25) is 0 Å². The molecular formula is C22H25N3O5. The molecule has 1 aliphatic rings. The topological polar surface area (TPSA) is 100 Å². The fourth-order valence-corrected chi connectivity index (χ4v) is 3.12. The van der Waals surface area contributed by atoms with Gasteiger partial charge in [-0.15, -0.1) is 0 Å². The van der Waals surface area contributed by atoms with Crippen LogP contribution in [0, 0.1) is 0 Å². The molecule has 0 bridgehead atoms. The van der Waals surface area contributed by atoms with Gasteiger partial charge in [-0.2, -0.15) is 0 Å². The minimum Gasteiger partial charge on any atom is -0.493 e. The molecule has 8 nitrogen and oxygen atoms in total. The maximum atomic E-state index is 12.9. The quantitative estimate of drug-likeness (QED) is 0.659. The summed E-state index contributed by atoms with van der Waals surface area (Å²) in [6.07, 6.45) is 3.17. The lowest BCUT2D eigenvalue weighted by atomic mass is 10.0. The number of carbonyl (C=O) groups excluding carboxylic acids is 1. The van der Waals surface area contributed by atoms with Gasteiger partial charge in [0.05, 0.1) is 19.3 Å². The Kier molecular flexibility index (Phi) is 6.58. The second-order valence-electron chi connectivity index (χ2n) is 7.06. The molecule has 0 saturated heterocycles. The van der Waals surface area contributed by atoms with Gasteiger partial charge in [0.15, 0.2) is 11.5 Å². The van der Waals surface area contributed by atoms with Crippen LogP contribution in [-0.4, -0.2) is 35.3 Å². The van der Waals surface area contributed by atoms with E-state index in [2.05, 4.69) is 10.7 Å². The summed E-state index contributed by atoms with van der Waals surface area (Å²) in [5, 5.41) is 12.4. The number of hydrazine groups is 1. The summed E-state index contributed by atoms with van der Waals surface area (Å²) in [4.78, 5) is 23.6. The van der Waals surface area contributed by atoms with E-state index in [0.717, 1.165) is 5.56 Å². The van der Waals surface area contributed by atoms with Crippen molar-refractivity contribution < 1.29 is 24.2 Å². The van der Waals surface area contributed by atoms with Crippen LogP contribution in [0.15, 0.2) is 54.7 Å². The van der Waals surface area contributed by atoms with Crippen molar-refractivity contribution in [2.75, 3.05) is 12.4 Å². The lowest BCUT2D eigenvalue weighted by Gasteiger charge is -2.30. The van der Waals surface area contributed by atoms with E-state index in [1.807, 2.05) is 38.1 Å². The number of ether oxygens (including phenoxy) is 2. The molecule has 158 valence electrons. The van der Waals surface area contributed by atoms with E-state index in [1.165, 1.54) is 5.01 Å². The lowest BCUT2D eigenvalue weighted by molar-refractivity contribution is 0.0713. The second-order valence-corrected chi connectivity index (χ2v) is 7.06. The number of hydrogen-bond donors (Lipinski definition) is 3. The first-order valence-electron chi connectivity index (χ1n) is 9.58. The van der Waals surface area contributed by atoms with Crippen LogP contribution >= 0.6 is 0 Å². The summed E-state index contributed by atoms with van der Waals surface area (Å²) < 4.78 is 11.2. The Bertz CT molecular complexity index is 940. The zero-order valence-corrected chi connectivity index (χ0v) is 17.1. The molecule has 1 atom stereocenters. The van der Waals surface area contributed by atoms with Crippen LogP contribution in [0.3, 0.4) is 0 Å². The molecule has 0 radical (unpaired) electrons. The minimum atomic E-state index is -1.15. The molecule has 0 saturated carbocycles. The Labute approximate surface area is 175 Å². The summed E-state index contributed by atoms with van der Waals surface area (Å²) in [7, 11) is 1.60. The molecule has 1 aliphatic heterocycles. The van der Waals surface area contributed by atoms with E-state index in [1.54, 1.807) is 37.6 Å². The number of methoxy groups -OCH3 is 1. The molecule has 2 aromatic carbocycles. The van der Waals surface area contributed by atoms with Crippen LogP contribution in [0.1, 0.15) is 42.2 Å². The number of hydrogen-bond acceptors (Lipinski definition) is 5. The first-order valence-corrected chi connectivity index (χ1v) is 9.58. The predicted molar refractivity (Wildman–Crippen MR) is 113 cm³/mol. The third kappa shape index (κ3) is 5.09. The SMILES string of the molecule is COc1ccc(C2CC=CN(C(=O)c3ccc(NC(=O)O)cc3)N2)cc1OC(C)C. The van der Waals surface area contributed by atoms with Crippen molar-refractivity contribution in [3.8, 4) is 11.5 Å². The van der Waals surface area contributed by atoms with Gasteiger partial charge in [-0.25, -0.2) is 15.2 Å². The average Bonchev–Trinajstić information content (AvgIpc) is 2.73. The summed E-state index contributed by atoms with van der Waals surface area (Å²) >= 11 is 0. The summed E-state index contributed by atoms with van der Waals surface area (Å²) in [5.74, 6) is 1.06. The van der Waals surface area contributed by atoms with Gasteiger partial charge in [-0.3, -0.25) is 10.1 Å². The zero-order valence-electron chi connectivity index (χ0n) is 17.1. The largest absolute Gasteiger partial charge is 0.493 e. The van der Waals surface area contributed by atoms with Crippen LogP contribution in [0.5, 0.6) is 11.5 Å². The number of nitrogens with zero attached hydrogens (tertiary/aromatic N) is 1. The van der Waals surface area contributed by atoms with E-state index in [4.69, 9.17) is 14.6 Å².